The van der Waals surface area contributed by atoms with E-state index in [9.17, 15) is 0 Å². The summed E-state index contributed by atoms with van der Waals surface area (Å²) >= 11 is 0. The minimum absolute atomic E-state index is 0.854. The standard InChI is InChI=1S/C44H29N3/c45-44(46)35-21-10-9-18-32(35)43-36(44)24-25-37(47-43)28-22-23-34-40-29(28)19-11-20-33(40)41-38(26-12-3-1-4-13-26)30-16-7-8-17-31(30)39(42(34)41)27-14-5-2-6-15-27/h1-25H,45-46H2. The van der Waals surface area contributed by atoms with Crippen molar-refractivity contribution in [1.82, 2.24) is 4.98 Å². The van der Waals surface area contributed by atoms with E-state index in [0.29, 0.717) is 0 Å². The molecule has 2 aliphatic rings. The molecule has 0 bridgehead atoms. The summed E-state index contributed by atoms with van der Waals surface area (Å²) in [4.78, 5) is 5.25. The number of benzene rings is 7. The van der Waals surface area contributed by atoms with Gasteiger partial charge >= 0.3 is 0 Å². The molecule has 0 amide bonds. The first kappa shape index (κ1) is 26.4. The average Bonchev–Trinajstić information content (AvgIpc) is 3.57. The Morgan fingerprint density at radius 3 is 1.60 bits per heavy atom. The Kier molecular flexibility index (Phi) is 5.37. The van der Waals surface area contributed by atoms with Gasteiger partial charge in [-0.15, -0.1) is 0 Å². The number of hydrogen-bond acceptors (Lipinski definition) is 3. The lowest BCUT2D eigenvalue weighted by Gasteiger charge is -2.21. The van der Waals surface area contributed by atoms with Crippen LogP contribution in [0.25, 0.3) is 88.6 Å². The van der Waals surface area contributed by atoms with Crippen LogP contribution >= 0.6 is 0 Å². The van der Waals surface area contributed by atoms with Crippen molar-refractivity contribution in [3.8, 4) is 67.0 Å². The number of pyridine rings is 1. The summed E-state index contributed by atoms with van der Waals surface area (Å²) in [6.45, 7) is 0. The molecule has 220 valence electrons. The summed E-state index contributed by atoms with van der Waals surface area (Å²) in [5.74, 6) is 0. The molecule has 47 heavy (non-hydrogen) atoms. The lowest BCUT2D eigenvalue weighted by atomic mass is 9.82. The normalized spacial score (nSPS) is 13.5. The van der Waals surface area contributed by atoms with Crippen LogP contribution in [0.3, 0.4) is 0 Å². The molecule has 7 aromatic carbocycles. The fraction of sp³-hybridized carbons (Fsp3) is 0.0227. The molecule has 0 radical (unpaired) electrons. The van der Waals surface area contributed by atoms with Gasteiger partial charge < -0.3 is 11.5 Å². The minimum Gasteiger partial charge on any atom is -0.306 e. The van der Waals surface area contributed by atoms with Crippen LogP contribution in [0, 0.1) is 0 Å². The first-order chi connectivity index (χ1) is 23.1. The third-order valence-electron chi connectivity index (χ3n) is 10.2. The summed E-state index contributed by atoms with van der Waals surface area (Å²) in [7, 11) is 0. The maximum atomic E-state index is 6.68. The molecule has 1 aromatic heterocycles. The van der Waals surface area contributed by atoms with Crippen LogP contribution in [-0.2, 0) is 5.66 Å². The van der Waals surface area contributed by atoms with Gasteiger partial charge in [0.05, 0.1) is 11.4 Å². The number of hydrogen-bond donors (Lipinski definition) is 2. The predicted octanol–water partition coefficient (Wildman–Crippen LogP) is 10.1. The molecule has 0 saturated carbocycles. The Bertz CT molecular complexity index is 2490. The Morgan fingerprint density at radius 1 is 0.383 bits per heavy atom. The second-order valence-corrected chi connectivity index (χ2v) is 12.7. The highest BCUT2D eigenvalue weighted by Gasteiger charge is 2.38. The molecule has 0 unspecified atom stereocenters. The molecule has 0 aliphatic heterocycles. The highest BCUT2D eigenvalue weighted by Crippen LogP contribution is 2.58. The van der Waals surface area contributed by atoms with Gasteiger partial charge in [0.25, 0.3) is 0 Å². The van der Waals surface area contributed by atoms with Crippen molar-refractivity contribution in [1.29, 1.82) is 0 Å². The van der Waals surface area contributed by atoms with E-state index in [4.69, 9.17) is 16.5 Å². The third kappa shape index (κ3) is 3.55. The molecular formula is C44H29N3. The van der Waals surface area contributed by atoms with E-state index in [-0.39, 0.29) is 0 Å². The maximum absolute atomic E-state index is 6.68. The van der Waals surface area contributed by atoms with E-state index in [1.54, 1.807) is 0 Å². The van der Waals surface area contributed by atoms with Crippen LogP contribution < -0.4 is 11.5 Å². The zero-order valence-corrected chi connectivity index (χ0v) is 25.5. The maximum Gasteiger partial charge on any atom is 0.119 e. The fourth-order valence-corrected chi connectivity index (χ4v) is 8.18. The van der Waals surface area contributed by atoms with E-state index in [1.165, 1.54) is 66.1 Å². The van der Waals surface area contributed by atoms with E-state index < -0.39 is 5.66 Å². The quantitative estimate of drug-likeness (QED) is 0.199. The van der Waals surface area contributed by atoms with E-state index in [1.807, 2.05) is 18.2 Å². The Morgan fingerprint density at radius 2 is 0.915 bits per heavy atom. The van der Waals surface area contributed by atoms with Crippen molar-refractivity contribution >= 4 is 21.5 Å². The number of aromatic nitrogens is 1. The monoisotopic (exact) mass is 599 g/mol. The Labute approximate surface area is 272 Å². The molecule has 0 fully saturated rings. The molecule has 3 heteroatoms. The number of rotatable bonds is 3. The van der Waals surface area contributed by atoms with Crippen molar-refractivity contribution in [3.05, 3.63) is 163 Å². The van der Waals surface area contributed by atoms with Crippen LogP contribution in [0.2, 0.25) is 0 Å². The molecule has 1 heterocycles. The average molecular weight is 600 g/mol. The molecule has 0 saturated heterocycles. The summed E-state index contributed by atoms with van der Waals surface area (Å²) in [6.07, 6.45) is 0. The van der Waals surface area contributed by atoms with Crippen LogP contribution in [0.5, 0.6) is 0 Å². The summed E-state index contributed by atoms with van der Waals surface area (Å²) in [5.41, 5.74) is 28.0. The van der Waals surface area contributed by atoms with Crippen LogP contribution in [-0.4, -0.2) is 4.98 Å². The van der Waals surface area contributed by atoms with Crippen LogP contribution in [0.15, 0.2) is 152 Å². The van der Waals surface area contributed by atoms with Crippen LogP contribution in [0.4, 0.5) is 0 Å². The van der Waals surface area contributed by atoms with Gasteiger partial charge in [0.2, 0.25) is 0 Å². The van der Waals surface area contributed by atoms with Crippen molar-refractivity contribution in [2.75, 3.05) is 0 Å². The number of fused-ring (bicyclic) bond motifs is 7. The molecule has 10 rings (SSSR count). The zero-order chi connectivity index (χ0) is 31.3. The molecular weight excluding hydrogens is 571 g/mol. The van der Waals surface area contributed by atoms with Crippen molar-refractivity contribution in [3.63, 3.8) is 0 Å². The molecule has 4 N–H and O–H groups in total. The smallest absolute Gasteiger partial charge is 0.119 e. The van der Waals surface area contributed by atoms with Crippen molar-refractivity contribution in [2.24, 2.45) is 11.5 Å². The lowest BCUT2D eigenvalue weighted by molar-refractivity contribution is 0.583. The fourth-order valence-electron chi connectivity index (χ4n) is 8.18. The molecule has 2 aliphatic carbocycles. The van der Waals surface area contributed by atoms with E-state index >= 15 is 0 Å². The van der Waals surface area contributed by atoms with E-state index in [2.05, 4.69) is 133 Å². The third-order valence-corrected chi connectivity index (χ3v) is 10.2. The first-order valence-electron chi connectivity index (χ1n) is 16.1. The minimum atomic E-state index is -1.06. The second kappa shape index (κ2) is 9.57. The van der Waals surface area contributed by atoms with Gasteiger partial charge in [0, 0.05) is 22.3 Å². The van der Waals surface area contributed by atoms with Gasteiger partial charge in [-0.05, 0) is 72.1 Å². The number of nitrogens with two attached hydrogens (primary N) is 2. The van der Waals surface area contributed by atoms with Gasteiger partial charge in [-0.3, -0.25) is 0 Å². The number of nitrogens with zero attached hydrogens (tertiary/aromatic N) is 1. The summed E-state index contributed by atoms with van der Waals surface area (Å²) in [6, 6.07) is 54.0. The first-order valence-corrected chi connectivity index (χ1v) is 16.1. The summed E-state index contributed by atoms with van der Waals surface area (Å²) in [5, 5.41) is 4.96. The van der Waals surface area contributed by atoms with Gasteiger partial charge in [-0.25, -0.2) is 4.98 Å². The van der Waals surface area contributed by atoms with Gasteiger partial charge in [-0.1, -0.05) is 146 Å². The predicted molar refractivity (Wildman–Crippen MR) is 195 cm³/mol. The zero-order valence-electron chi connectivity index (χ0n) is 25.5. The lowest BCUT2D eigenvalue weighted by Crippen LogP contribution is -2.45. The molecule has 3 nitrogen and oxygen atoms in total. The largest absolute Gasteiger partial charge is 0.306 e. The Hall–Kier alpha value is -5.87. The van der Waals surface area contributed by atoms with Crippen LogP contribution in [0.1, 0.15) is 11.1 Å². The topological polar surface area (TPSA) is 64.9 Å². The SMILES string of the molecule is NC1(N)c2ccccc2-c2nc(-c3ccc4c5c(cccc35)-c3c-4c(-c4ccccc4)c4ccccc4c3-c3ccccc3)ccc21. The van der Waals surface area contributed by atoms with E-state index in [0.717, 1.165) is 33.6 Å². The van der Waals surface area contributed by atoms with Gasteiger partial charge in [0.1, 0.15) is 5.66 Å². The molecule has 0 atom stereocenters. The Balaban J connectivity index is 1.30. The second-order valence-electron chi connectivity index (χ2n) is 12.7. The van der Waals surface area contributed by atoms with Gasteiger partial charge in [-0.2, -0.15) is 0 Å². The van der Waals surface area contributed by atoms with Crippen molar-refractivity contribution < 1.29 is 0 Å². The summed E-state index contributed by atoms with van der Waals surface area (Å²) < 4.78 is 0. The molecule has 0 spiro atoms. The molecule has 8 aromatic rings. The highest BCUT2D eigenvalue weighted by molar-refractivity contribution is 6.28. The highest BCUT2D eigenvalue weighted by atomic mass is 15.0. The van der Waals surface area contributed by atoms with Gasteiger partial charge in [0.15, 0.2) is 0 Å². The van der Waals surface area contributed by atoms with Crippen molar-refractivity contribution in [2.45, 2.75) is 5.66 Å².